The fourth-order valence-corrected chi connectivity index (χ4v) is 2.90. The summed E-state index contributed by atoms with van der Waals surface area (Å²) in [4.78, 5) is 33.9. The Balaban J connectivity index is 3.89. The van der Waals surface area contributed by atoms with E-state index in [4.69, 9.17) is 5.11 Å². The van der Waals surface area contributed by atoms with Crippen molar-refractivity contribution in [1.29, 1.82) is 0 Å². The van der Waals surface area contributed by atoms with Crippen molar-refractivity contribution >= 4 is 40.1 Å². The maximum absolute atomic E-state index is 11.7. The van der Waals surface area contributed by atoms with Crippen LogP contribution >= 0.6 is 11.8 Å². The van der Waals surface area contributed by atoms with E-state index in [1.807, 2.05) is 0 Å². The predicted molar refractivity (Wildman–Crippen MR) is 99.5 cm³/mol. The van der Waals surface area contributed by atoms with Crippen molar-refractivity contribution in [3.05, 3.63) is 12.2 Å². The highest BCUT2D eigenvalue weighted by Crippen LogP contribution is 2.19. The summed E-state index contributed by atoms with van der Waals surface area (Å²) in [5.74, 6) is -0.780. The van der Waals surface area contributed by atoms with E-state index in [2.05, 4.69) is 14.8 Å². The Morgan fingerprint density at radius 3 is 2.54 bits per heavy atom. The molecule has 0 radical (unpaired) electrons. The van der Waals surface area contributed by atoms with Crippen molar-refractivity contribution in [1.82, 2.24) is 10.0 Å². The van der Waals surface area contributed by atoms with Crippen LogP contribution in [-0.2, 0) is 30.5 Å². The number of nitrogens with one attached hydrogen (secondary N) is 2. The number of rotatable bonds is 12. The molecule has 0 aromatic rings. The van der Waals surface area contributed by atoms with E-state index >= 15 is 0 Å². The third-order valence-corrected chi connectivity index (χ3v) is 5.08. The predicted octanol–water partition coefficient (Wildman–Crippen LogP) is -1.28. The number of esters is 1. The Morgan fingerprint density at radius 2 is 1.96 bits per heavy atom. The van der Waals surface area contributed by atoms with Crippen molar-refractivity contribution in [2.75, 3.05) is 38.3 Å². The second-order valence-corrected chi connectivity index (χ2v) is 8.30. The molecular weight excluding hydrogens is 384 g/mol. The van der Waals surface area contributed by atoms with Gasteiger partial charge in [-0.25, -0.2) is 4.79 Å². The second-order valence-electron chi connectivity index (χ2n) is 5.81. The van der Waals surface area contributed by atoms with Gasteiger partial charge in [0.15, 0.2) is 0 Å². The minimum atomic E-state index is -1.41. The van der Waals surface area contributed by atoms with Gasteiger partial charge in [0.2, 0.25) is 11.0 Å². The highest BCUT2D eigenvalue weighted by Gasteiger charge is 2.32. The first-order valence-electron chi connectivity index (χ1n) is 7.75. The number of carbonyl (C=O) groups excluding carboxylic acids is 3. The van der Waals surface area contributed by atoms with E-state index in [1.54, 1.807) is 13.8 Å². The van der Waals surface area contributed by atoms with Crippen LogP contribution in [0.1, 0.15) is 13.8 Å². The minimum Gasteiger partial charge on any atom is -0.598 e. The molecule has 0 heterocycles. The molecule has 150 valence electrons. The van der Waals surface area contributed by atoms with Gasteiger partial charge in [-0.2, -0.15) is 0 Å². The van der Waals surface area contributed by atoms with Gasteiger partial charge in [0.25, 0.3) is 0 Å². The summed E-state index contributed by atoms with van der Waals surface area (Å²) in [5.41, 5.74) is -0.965. The van der Waals surface area contributed by atoms with Crippen LogP contribution in [-0.4, -0.2) is 76.2 Å². The number of amides is 1. The maximum atomic E-state index is 11.7. The SMILES string of the molecule is COC(=O)/C=C/C(=O)SCCN[S+]([O-])CCNC(=O)[C@H](O)C(C)(C)CO. The molecule has 9 nitrogen and oxygen atoms in total. The molecule has 0 saturated heterocycles. The Kier molecular flexibility index (Phi) is 12.6. The third-order valence-electron chi connectivity index (χ3n) is 3.15. The van der Waals surface area contributed by atoms with Crippen LogP contribution in [0.15, 0.2) is 12.2 Å². The zero-order chi connectivity index (χ0) is 20.2. The molecule has 26 heavy (non-hydrogen) atoms. The summed E-state index contributed by atoms with van der Waals surface area (Å²) < 4.78 is 18.8. The van der Waals surface area contributed by atoms with Crippen LogP contribution in [0.25, 0.3) is 0 Å². The Hall–Kier alpha value is -1.11. The summed E-state index contributed by atoms with van der Waals surface area (Å²) in [5, 5.41) is 21.0. The van der Waals surface area contributed by atoms with Crippen LogP contribution in [0.2, 0.25) is 0 Å². The van der Waals surface area contributed by atoms with Gasteiger partial charge in [-0.3, -0.25) is 9.59 Å². The van der Waals surface area contributed by atoms with Crippen LogP contribution in [0.4, 0.5) is 0 Å². The normalized spacial score (nSPS) is 14.1. The molecule has 0 rings (SSSR count). The molecule has 2 atom stereocenters. The summed E-state index contributed by atoms with van der Waals surface area (Å²) in [6.07, 6.45) is 0.757. The van der Waals surface area contributed by atoms with Gasteiger partial charge in [0, 0.05) is 28.6 Å². The summed E-state index contributed by atoms with van der Waals surface area (Å²) in [6, 6.07) is 0. The lowest BCUT2D eigenvalue weighted by molar-refractivity contribution is -0.137. The third kappa shape index (κ3) is 10.8. The average molecular weight is 411 g/mol. The maximum Gasteiger partial charge on any atom is 0.330 e. The molecule has 0 bridgehead atoms. The molecule has 1 amide bonds. The van der Waals surface area contributed by atoms with E-state index in [0.717, 1.165) is 23.9 Å². The topological polar surface area (TPSA) is 148 Å². The highest BCUT2D eigenvalue weighted by atomic mass is 32.2. The number of hydrogen-bond donors (Lipinski definition) is 4. The van der Waals surface area contributed by atoms with Crippen LogP contribution < -0.4 is 10.0 Å². The molecule has 0 aliphatic carbocycles. The van der Waals surface area contributed by atoms with E-state index in [1.165, 1.54) is 7.11 Å². The number of hydrogen-bond acceptors (Lipinski definition) is 9. The lowest BCUT2D eigenvalue weighted by Gasteiger charge is -2.27. The molecule has 0 aromatic carbocycles. The number of ether oxygens (including phenoxy) is 1. The van der Waals surface area contributed by atoms with Crippen LogP contribution in [0, 0.1) is 5.41 Å². The first-order valence-corrected chi connectivity index (χ1v) is 10.1. The lowest BCUT2D eigenvalue weighted by atomic mass is 9.87. The molecular formula is C15H26N2O7S2. The fourth-order valence-electron chi connectivity index (χ4n) is 1.44. The Morgan fingerprint density at radius 1 is 1.31 bits per heavy atom. The number of methoxy groups -OCH3 is 1. The van der Waals surface area contributed by atoms with Crippen molar-refractivity contribution in [2.24, 2.45) is 5.41 Å². The van der Waals surface area contributed by atoms with Gasteiger partial charge < -0.3 is 24.8 Å². The molecule has 0 spiro atoms. The van der Waals surface area contributed by atoms with Gasteiger partial charge in [0.05, 0.1) is 26.8 Å². The van der Waals surface area contributed by atoms with Crippen LogP contribution in [0.3, 0.4) is 0 Å². The Bertz CT molecular complexity index is 500. The smallest absolute Gasteiger partial charge is 0.330 e. The molecule has 0 aliphatic heterocycles. The number of carbonyl (C=O) groups is 3. The average Bonchev–Trinajstić information content (AvgIpc) is 2.62. The van der Waals surface area contributed by atoms with E-state index in [-0.39, 0.29) is 24.0 Å². The van der Waals surface area contributed by atoms with Gasteiger partial charge in [-0.15, -0.1) is 4.72 Å². The second kappa shape index (κ2) is 13.1. The highest BCUT2D eigenvalue weighted by molar-refractivity contribution is 8.14. The largest absolute Gasteiger partial charge is 0.598 e. The summed E-state index contributed by atoms with van der Waals surface area (Å²) in [6.45, 7) is 3.14. The molecule has 4 N–H and O–H groups in total. The van der Waals surface area contributed by atoms with Gasteiger partial charge in [-0.1, -0.05) is 25.6 Å². The lowest BCUT2D eigenvalue weighted by Crippen LogP contribution is -2.47. The molecule has 1 unspecified atom stereocenters. The fraction of sp³-hybridized carbons (Fsp3) is 0.667. The molecule has 11 heteroatoms. The monoisotopic (exact) mass is 410 g/mol. The van der Waals surface area contributed by atoms with Gasteiger partial charge in [-0.05, 0) is 6.08 Å². The molecule has 0 saturated carbocycles. The van der Waals surface area contributed by atoms with E-state index < -0.39 is 34.8 Å². The van der Waals surface area contributed by atoms with Gasteiger partial charge in [0.1, 0.15) is 11.9 Å². The first-order chi connectivity index (χ1) is 12.1. The molecule has 0 fully saturated rings. The summed E-state index contributed by atoms with van der Waals surface area (Å²) >= 11 is -0.460. The van der Waals surface area contributed by atoms with Gasteiger partial charge >= 0.3 is 5.97 Å². The quantitative estimate of drug-likeness (QED) is 0.134. The van der Waals surface area contributed by atoms with Crippen molar-refractivity contribution in [3.8, 4) is 0 Å². The van der Waals surface area contributed by atoms with E-state index in [9.17, 15) is 24.0 Å². The minimum absolute atomic E-state index is 0.0882. The number of aliphatic hydroxyl groups is 2. The zero-order valence-electron chi connectivity index (χ0n) is 15.0. The van der Waals surface area contributed by atoms with Crippen LogP contribution in [0.5, 0.6) is 0 Å². The molecule has 0 aromatic heterocycles. The van der Waals surface area contributed by atoms with Crippen molar-refractivity contribution < 1.29 is 33.9 Å². The standard InChI is InChI=1S/C15H26N2O7S2/c1-15(2,10-18)13(21)14(22)16-7-9-26(23)17-6-8-25-12(20)5-4-11(19)24-3/h4-5,13,17-18,21H,6-10H2,1-3H3,(H,16,22)/b5-4+/t13-,26?/m0/s1. The summed E-state index contributed by atoms with van der Waals surface area (Å²) in [7, 11) is 1.21. The number of aliphatic hydroxyl groups excluding tert-OH is 2. The number of thioether (sulfide) groups is 1. The zero-order valence-corrected chi connectivity index (χ0v) is 16.7. The molecule has 0 aliphatic rings. The first kappa shape index (κ1) is 24.9. The van der Waals surface area contributed by atoms with Crippen molar-refractivity contribution in [3.63, 3.8) is 0 Å². The van der Waals surface area contributed by atoms with Crippen molar-refractivity contribution in [2.45, 2.75) is 20.0 Å². The van der Waals surface area contributed by atoms with E-state index in [0.29, 0.717) is 12.3 Å². The Labute approximate surface area is 160 Å².